The Morgan fingerprint density at radius 1 is 1.35 bits per heavy atom. The molecular weight excluding hydrogens is 212 g/mol. The zero-order chi connectivity index (χ0) is 12.7. The van der Waals surface area contributed by atoms with Crippen LogP contribution in [-0.4, -0.2) is 12.6 Å². The van der Waals surface area contributed by atoms with Crippen molar-refractivity contribution in [2.24, 2.45) is 5.92 Å². The second-order valence-electron chi connectivity index (χ2n) is 4.35. The molecule has 92 valence electrons. The summed E-state index contributed by atoms with van der Waals surface area (Å²) >= 11 is 0. The van der Waals surface area contributed by atoms with E-state index >= 15 is 0 Å². The maximum Gasteiger partial charge on any atom is 0.333 e. The van der Waals surface area contributed by atoms with Gasteiger partial charge >= 0.3 is 5.97 Å². The minimum atomic E-state index is -0.228. The molecule has 0 aliphatic carbocycles. The Hall–Kier alpha value is -1.57. The highest BCUT2D eigenvalue weighted by atomic mass is 16.5. The van der Waals surface area contributed by atoms with E-state index in [1.165, 1.54) is 0 Å². The van der Waals surface area contributed by atoms with Gasteiger partial charge in [0.25, 0.3) is 0 Å². The Kier molecular flexibility index (Phi) is 5.47. The first-order chi connectivity index (χ1) is 8.13. The van der Waals surface area contributed by atoms with Crippen molar-refractivity contribution in [1.82, 2.24) is 0 Å². The Morgan fingerprint density at radius 2 is 2.00 bits per heavy atom. The number of rotatable bonds is 5. The number of carbonyl (C=O) groups excluding carboxylic acids is 1. The second-order valence-corrected chi connectivity index (χ2v) is 4.35. The third kappa shape index (κ3) is 4.85. The smallest absolute Gasteiger partial charge is 0.333 e. The van der Waals surface area contributed by atoms with Gasteiger partial charge in [0, 0.05) is 5.57 Å². The van der Waals surface area contributed by atoms with Gasteiger partial charge in [0.15, 0.2) is 0 Å². The van der Waals surface area contributed by atoms with Gasteiger partial charge < -0.3 is 4.74 Å². The van der Waals surface area contributed by atoms with Gasteiger partial charge in [-0.25, -0.2) is 4.79 Å². The van der Waals surface area contributed by atoms with Crippen LogP contribution in [0.15, 0.2) is 35.9 Å². The van der Waals surface area contributed by atoms with E-state index in [4.69, 9.17) is 4.74 Å². The van der Waals surface area contributed by atoms with Gasteiger partial charge in [0.1, 0.15) is 0 Å². The second kappa shape index (κ2) is 6.89. The van der Waals surface area contributed by atoms with Crippen molar-refractivity contribution >= 4 is 12.0 Å². The van der Waals surface area contributed by atoms with Crippen LogP contribution in [0.4, 0.5) is 0 Å². The molecule has 0 N–H and O–H groups in total. The lowest BCUT2D eigenvalue weighted by Gasteiger charge is -2.09. The van der Waals surface area contributed by atoms with E-state index in [-0.39, 0.29) is 5.97 Å². The Labute approximate surface area is 103 Å². The molecule has 2 heteroatoms. The first-order valence-corrected chi connectivity index (χ1v) is 6.04. The molecule has 0 amide bonds. The molecule has 0 bridgehead atoms. The first-order valence-electron chi connectivity index (χ1n) is 6.04. The van der Waals surface area contributed by atoms with E-state index in [0.717, 1.165) is 12.0 Å². The minimum absolute atomic E-state index is 0.228. The predicted octanol–water partition coefficient (Wildman–Crippen LogP) is 3.68. The molecule has 0 aromatic heterocycles. The average Bonchev–Trinajstić information content (AvgIpc) is 2.36. The fourth-order valence-electron chi connectivity index (χ4n) is 1.31. The third-order valence-electron chi connectivity index (χ3n) is 2.70. The highest BCUT2D eigenvalue weighted by Crippen LogP contribution is 2.09. The lowest BCUT2D eigenvalue weighted by atomic mass is 10.1. The van der Waals surface area contributed by atoms with Crippen molar-refractivity contribution in [3.63, 3.8) is 0 Å². The Bertz CT molecular complexity index is 379. The summed E-state index contributed by atoms with van der Waals surface area (Å²) in [5.41, 5.74) is 1.66. The van der Waals surface area contributed by atoms with Crippen molar-refractivity contribution in [2.75, 3.05) is 6.61 Å². The van der Waals surface area contributed by atoms with E-state index in [1.54, 1.807) is 6.92 Å². The Balaban J connectivity index is 2.55. The number of benzene rings is 1. The van der Waals surface area contributed by atoms with Crippen LogP contribution in [0, 0.1) is 5.92 Å². The van der Waals surface area contributed by atoms with Crippen molar-refractivity contribution < 1.29 is 9.53 Å². The van der Waals surface area contributed by atoms with Crippen LogP contribution < -0.4 is 0 Å². The Morgan fingerprint density at radius 3 is 2.59 bits per heavy atom. The van der Waals surface area contributed by atoms with Crippen LogP contribution in [0.3, 0.4) is 0 Å². The number of hydrogen-bond acceptors (Lipinski definition) is 2. The van der Waals surface area contributed by atoms with Gasteiger partial charge in [-0.1, -0.05) is 50.6 Å². The van der Waals surface area contributed by atoms with Crippen LogP contribution in [0.2, 0.25) is 0 Å². The number of carbonyl (C=O) groups is 1. The summed E-state index contributed by atoms with van der Waals surface area (Å²) in [4.78, 5) is 11.7. The average molecular weight is 232 g/mol. The number of esters is 1. The number of hydrogen-bond donors (Lipinski definition) is 0. The highest BCUT2D eigenvalue weighted by Gasteiger charge is 2.07. The van der Waals surface area contributed by atoms with Crippen LogP contribution >= 0.6 is 0 Å². The molecule has 1 aromatic rings. The molecule has 0 unspecified atom stereocenters. The molecule has 1 atom stereocenters. The normalized spacial score (nSPS) is 13.2. The fourth-order valence-corrected chi connectivity index (χ4v) is 1.31. The number of ether oxygens (including phenoxy) is 1. The molecule has 0 saturated carbocycles. The third-order valence-corrected chi connectivity index (χ3v) is 2.70. The van der Waals surface area contributed by atoms with Gasteiger partial charge in [-0.05, 0) is 24.5 Å². The van der Waals surface area contributed by atoms with Crippen molar-refractivity contribution in [2.45, 2.75) is 27.2 Å². The van der Waals surface area contributed by atoms with Crippen LogP contribution in [0.1, 0.15) is 32.8 Å². The highest BCUT2D eigenvalue weighted by molar-refractivity contribution is 5.92. The lowest BCUT2D eigenvalue weighted by Crippen LogP contribution is -2.12. The van der Waals surface area contributed by atoms with Gasteiger partial charge in [-0.2, -0.15) is 0 Å². The first kappa shape index (κ1) is 13.5. The van der Waals surface area contributed by atoms with E-state index < -0.39 is 0 Å². The summed E-state index contributed by atoms with van der Waals surface area (Å²) < 4.78 is 5.22. The summed E-state index contributed by atoms with van der Waals surface area (Å²) in [7, 11) is 0. The van der Waals surface area contributed by atoms with Crippen LogP contribution in [-0.2, 0) is 9.53 Å². The van der Waals surface area contributed by atoms with Gasteiger partial charge in [-0.15, -0.1) is 0 Å². The molecular formula is C15H20O2. The summed E-state index contributed by atoms with van der Waals surface area (Å²) in [5, 5.41) is 0. The molecule has 1 rings (SSSR count). The molecule has 1 aromatic carbocycles. The molecule has 0 aliphatic rings. The van der Waals surface area contributed by atoms with E-state index in [1.807, 2.05) is 36.4 Å². The quantitative estimate of drug-likeness (QED) is 0.572. The standard InChI is InChI=1S/C15H20O2/c1-4-12(2)11-17-15(16)13(3)10-14-8-6-5-7-9-14/h5-10,12H,4,11H2,1-3H3/t12-/m0/s1. The summed E-state index contributed by atoms with van der Waals surface area (Å²) in [6.45, 7) is 6.44. The molecule has 2 nitrogen and oxygen atoms in total. The van der Waals surface area contributed by atoms with Gasteiger partial charge in [-0.3, -0.25) is 0 Å². The van der Waals surface area contributed by atoms with Crippen LogP contribution in [0.25, 0.3) is 6.08 Å². The fraction of sp³-hybridized carbons (Fsp3) is 0.400. The maximum absolute atomic E-state index is 11.7. The molecule has 17 heavy (non-hydrogen) atoms. The van der Waals surface area contributed by atoms with Gasteiger partial charge in [0.05, 0.1) is 6.61 Å². The van der Waals surface area contributed by atoms with Gasteiger partial charge in [0.2, 0.25) is 0 Å². The monoisotopic (exact) mass is 232 g/mol. The molecule has 0 spiro atoms. The summed E-state index contributed by atoms with van der Waals surface area (Å²) in [6, 6.07) is 9.78. The van der Waals surface area contributed by atoms with E-state index in [2.05, 4.69) is 13.8 Å². The van der Waals surface area contributed by atoms with Crippen molar-refractivity contribution in [3.05, 3.63) is 41.5 Å². The van der Waals surface area contributed by atoms with E-state index in [9.17, 15) is 4.79 Å². The zero-order valence-electron chi connectivity index (χ0n) is 10.8. The topological polar surface area (TPSA) is 26.3 Å². The molecule has 0 fully saturated rings. The minimum Gasteiger partial charge on any atom is -0.462 e. The summed E-state index contributed by atoms with van der Waals surface area (Å²) in [5.74, 6) is 0.192. The predicted molar refractivity (Wildman–Crippen MR) is 70.5 cm³/mol. The summed E-state index contributed by atoms with van der Waals surface area (Å²) in [6.07, 6.45) is 2.87. The zero-order valence-corrected chi connectivity index (χ0v) is 10.8. The largest absolute Gasteiger partial charge is 0.462 e. The SMILES string of the molecule is CC[C@H](C)COC(=O)C(C)=Cc1ccccc1. The lowest BCUT2D eigenvalue weighted by molar-refractivity contribution is -0.140. The maximum atomic E-state index is 11.7. The molecule has 0 heterocycles. The van der Waals surface area contributed by atoms with Crippen molar-refractivity contribution in [3.8, 4) is 0 Å². The van der Waals surface area contributed by atoms with Crippen LogP contribution in [0.5, 0.6) is 0 Å². The molecule has 0 saturated heterocycles. The van der Waals surface area contributed by atoms with E-state index in [0.29, 0.717) is 18.1 Å². The molecule has 0 aliphatic heterocycles. The molecule has 0 radical (unpaired) electrons. The van der Waals surface area contributed by atoms with Crippen molar-refractivity contribution in [1.29, 1.82) is 0 Å².